The van der Waals surface area contributed by atoms with Crippen molar-refractivity contribution in [2.45, 2.75) is 17.7 Å². The fourth-order valence-electron chi connectivity index (χ4n) is 0.983. The Bertz CT molecular complexity index is 303. The lowest BCUT2D eigenvalue weighted by atomic mass is 10.3. The van der Waals surface area contributed by atoms with Crippen molar-refractivity contribution in [3.8, 4) is 0 Å². The van der Waals surface area contributed by atoms with Crippen LogP contribution in [0.5, 0.6) is 0 Å². The first-order valence-electron chi connectivity index (χ1n) is 4.40. The Kier molecular flexibility index (Phi) is 7.17. The van der Waals surface area contributed by atoms with E-state index in [1.54, 1.807) is 23.9 Å². The number of amidine groups is 1. The monoisotopic (exact) mass is 248 g/mol. The van der Waals surface area contributed by atoms with Gasteiger partial charge >= 0.3 is 0 Å². The zero-order chi connectivity index (χ0) is 10.4. The van der Waals surface area contributed by atoms with E-state index in [0.717, 1.165) is 17.1 Å². The van der Waals surface area contributed by atoms with Crippen LogP contribution < -0.4 is 5.73 Å². The summed E-state index contributed by atoms with van der Waals surface area (Å²) in [5, 5.41) is 7.02. The van der Waals surface area contributed by atoms with E-state index >= 15 is 0 Å². The van der Waals surface area contributed by atoms with E-state index in [1.165, 1.54) is 12.1 Å². The van der Waals surface area contributed by atoms with Crippen molar-refractivity contribution < 1.29 is 4.39 Å². The van der Waals surface area contributed by atoms with Gasteiger partial charge in [-0.2, -0.15) is 0 Å². The molecule has 2 nitrogen and oxygen atoms in total. The third kappa shape index (κ3) is 6.36. The molecule has 0 aliphatic heterocycles. The summed E-state index contributed by atoms with van der Waals surface area (Å²) in [7, 11) is 0. The fourth-order valence-corrected chi connectivity index (χ4v) is 1.84. The molecule has 0 saturated carbocycles. The molecule has 0 saturated heterocycles. The third-order valence-electron chi connectivity index (χ3n) is 1.67. The quantitative estimate of drug-likeness (QED) is 0.364. The lowest BCUT2D eigenvalue weighted by Gasteiger charge is -2.00. The molecule has 0 aliphatic rings. The smallest absolute Gasteiger partial charge is 0.123 e. The Balaban J connectivity index is 0.00000196. The molecule has 15 heavy (non-hydrogen) atoms. The number of hydrogen-bond acceptors (Lipinski definition) is 2. The van der Waals surface area contributed by atoms with Gasteiger partial charge in [0.15, 0.2) is 0 Å². The van der Waals surface area contributed by atoms with Crippen LogP contribution in [0.3, 0.4) is 0 Å². The van der Waals surface area contributed by atoms with Crippen LogP contribution >= 0.6 is 24.2 Å². The van der Waals surface area contributed by atoms with E-state index in [-0.39, 0.29) is 24.1 Å². The van der Waals surface area contributed by atoms with Crippen molar-refractivity contribution in [3.63, 3.8) is 0 Å². The zero-order valence-electron chi connectivity index (χ0n) is 8.20. The Labute approximate surface area is 99.4 Å². The second kappa shape index (κ2) is 7.54. The highest BCUT2D eigenvalue weighted by Gasteiger charge is 1.95. The molecule has 84 valence electrons. The predicted molar refractivity (Wildman–Crippen MR) is 65.5 cm³/mol. The van der Waals surface area contributed by atoms with E-state index in [2.05, 4.69) is 0 Å². The predicted octanol–water partition coefficient (Wildman–Crippen LogP) is 3.06. The fraction of sp³-hybridized carbons (Fsp3) is 0.300. The van der Waals surface area contributed by atoms with Crippen LogP contribution in [0.2, 0.25) is 0 Å². The highest BCUT2D eigenvalue weighted by atomic mass is 35.5. The molecule has 5 heteroatoms. The van der Waals surface area contributed by atoms with Crippen LogP contribution in [0, 0.1) is 11.2 Å². The molecule has 1 aromatic carbocycles. The molecule has 0 atom stereocenters. The summed E-state index contributed by atoms with van der Waals surface area (Å²) in [5.74, 6) is 0.924. The average molecular weight is 249 g/mol. The number of thioether (sulfide) groups is 1. The van der Waals surface area contributed by atoms with Crippen molar-refractivity contribution in [3.05, 3.63) is 30.1 Å². The van der Waals surface area contributed by atoms with Crippen molar-refractivity contribution in [1.82, 2.24) is 0 Å². The van der Waals surface area contributed by atoms with Crippen LogP contribution in [0.25, 0.3) is 0 Å². The van der Waals surface area contributed by atoms with Gasteiger partial charge in [-0.05, 0) is 36.4 Å². The minimum atomic E-state index is -0.210. The number of hydrogen-bond donors (Lipinski definition) is 2. The topological polar surface area (TPSA) is 49.9 Å². The molecule has 3 N–H and O–H groups in total. The maximum Gasteiger partial charge on any atom is 0.123 e. The van der Waals surface area contributed by atoms with Gasteiger partial charge in [0.2, 0.25) is 0 Å². The van der Waals surface area contributed by atoms with Crippen molar-refractivity contribution in [2.75, 3.05) is 5.75 Å². The van der Waals surface area contributed by atoms with E-state index < -0.39 is 0 Å². The van der Waals surface area contributed by atoms with Crippen LogP contribution in [-0.2, 0) is 0 Å². The maximum atomic E-state index is 12.5. The summed E-state index contributed by atoms with van der Waals surface area (Å²) >= 11 is 1.65. The molecule has 0 unspecified atom stereocenters. The van der Waals surface area contributed by atoms with Crippen LogP contribution in [0.15, 0.2) is 29.2 Å². The SMILES string of the molecule is Cl.N=C(N)CCCSc1ccc(F)cc1. The molecule has 0 spiro atoms. The van der Waals surface area contributed by atoms with Crippen LogP contribution in [0.1, 0.15) is 12.8 Å². The largest absolute Gasteiger partial charge is 0.388 e. The molecule has 1 rings (SSSR count). The molecule has 0 radical (unpaired) electrons. The van der Waals surface area contributed by atoms with Gasteiger partial charge < -0.3 is 5.73 Å². The molecule has 0 bridgehead atoms. The van der Waals surface area contributed by atoms with Crippen LogP contribution in [-0.4, -0.2) is 11.6 Å². The Hall–Kier alpha value is -0.740. The number of benzene rings is 1. The minimum Gasteiger partial charge on any atom is -0.388 e. The molecular weight excluding hydrogens is 235 g/mol. The minimum absolute atomic E-state index is 0. The van der Waals surface area contributed by atoms with E-state index in [0.29, 0.717) is 6.42 Å². The second-order valence-electron chi connectivity index (χ2n) is 2.93. The van der Waals surface area contributed by atoms with Gasteiger partial charge in [-0.1, -0.05) is 0 Å². The Morgan fingerprint density at radius 2 is 1.93 bits per heavy atom. The number of nitrogens with two attached hydrogens (primary N) is 1. The van der Waals surface area contributed by atoms with Gasteiger partial charge in [-0.15, -0.1) is 24.2 Å². The standard InChI is InChI=1S/C10H13FN2S.ClH/c11-8-3-5-9(6-4-8)14-7-1-2-10(12)13;/h3-6H,1-2,7H2,(H3,12,13);1H. The van der Waals surface area contributed by atoms with Crippen molar-refractivity contribution in [2.24, 2.45) is 5.73 Å². The molecule has 0 amide bonds. The van der Waals surface area contributed by atoms with Gasteiger partial charge in [0.05, 0.1) is 5.84 Å². The third-order valence-corrected chi connectivity index (χ3v) is 2.77. The van der Waals surface area contributed by atoms with E-state index in [1.807, 2.05) is 0 Å². The first-order valence-corrected chi connectivity index (χ1v) is 5.38. The first-order chi connectivity index (χ1) is 6.68. The van der Waals surface area contributed by atoms with Gasteiger partial charge in [0.25, 0.3) is 0 Å². The molecule has 0 heterocycles. The normalized spacial score (nSPS) is 9.40. The number of nitrogens with one attached hydrogen (secondary N) is 1. The lowest BCUT2D eigenvalue weighted by molar-refractivity contribution is 0.626. The highest BCUT2D eigenvalue weighted by Crippen LogP contribution is 2.19. The summed E-state index contributed by atoms with van der Waals surface area (Å²) in [4.78, 5) is 1.05. The maximum absolute atomic E-state index is 12.5. The molecular formula is C10H14ClFN2S. The van der Waals surface area contributed by atoms with Gasteiger partial charge in [0, 0.05) is 11.3 Å². The number of rotatable bonds is 5. The second-order valence-corrected chi connectivity index (χ2v) is 4.10. The summed E-state index contributed by atoms with van der Waals surface area (Å²) < 4.78 is 12.5. The summed E-state index contributed by atoms with van der Waals surface area (Å²) in [6.07, 6.45) is 1.52. The van der Waals surface area contributed by atoms with Gasteiger partial charge in [0.1, 0.15) is 5.82 Å². The molecule has 0 fully saturated rings. The molecule has 1 aromatic rings. The summed E-state index contributed by atoms with van der Waals surface area (Å²) in [6, 6.07) is 6.42. The number of halogens is 2. The molecule has 0 aromatic heterocycles. The van der Waals surface area contributed by atoms with E-state index in [4.69, 9.17) is 11.1 Å². The van der Waals surface area contributed by atoms with Crippen molar-refractivity contribution >= 4 is 30.0 Å². The Morgan fingerprint density at radius 3 is 2.47 bits per heavy atom. The lowest BCUT2D eigenvalue weighted by Crippen LogP contribution is -2.08. The highest BCUT2D eigenvalue weighted by molar-refractivity contribution is 7.99. The van der Waals surface area contributed by atoms with Crippen LogP contribution in [0.4, 0.5) is 4.39 Å². The average Bonchev–Trinajstić information content (AvgIpc) is 2.15. The zero-order valence-corrected chi connectivity index (χ0v) is 9.84. The first kappa shape index (κ1) is 14.3. The van der Waals surface area contributed by atoms with Gasteiger partial charge in [-0.3, -0.25) is 5.41 Å². The van der Waals surface area contributed by atoms with Crippen molar-refractivity contribution in [1.29, 1.82) is 5.41 Å². The van der Waals surface area contributed by atoms with Gasteiger partial charge in [-0.25, -0.2) is 4.39 Å². The summed E-state index contributed by atoms with van der Waals surface area (Å²) in [6.45, 7) is 0. The summed E-state index contributed by atoms with van der Waals surface area (Å²) in [5.41, 5.74) is 5.22. The Morgan fingerprint density at radius 1 is 1.33 bits per heavy atom. The van der Waals surface area contributed by atoms with E-state index in [9.17, 15) is 4.39 Å². The molecule has 0 aliphatic carbocycles.